The Balaban J connectivity index is 1.54. The number of anilines is 1. The molecule has 0 radical (unpaired) electrons. The van der Waals surface area contributed by atoms with Crippen LogP contribution in [0.4, 0.5) is 5.69 Å². The molecule has 1 amide bonds. The summed E-state index contributed by atoms with van der Waals surface area (Å²) in [7, 11) is 0. The maximum absolute atomic E-state index is 11.4. The number of aryl methyl sites for hydroxylation is 2. The van der Waals surface area contributed by atoms with Gasteiger partial charge in [-0.3, -0.25) is 4.79 Å². The first-order chi connectivity index (χ1) is 15.0. The van der Waals surface area contributed by atoms with Crippen molar-refractivity contribution in [3.63, 3.8) is 0 Å². The zero-order valence-electron chi connectivity index (χ0n) is 17.6. The Morgan fingerprint density at radius 3 is 2.74 bits per heavy atom. The summed E-state index contributed by atoms with van der Waals surface area (Å²) < 4.78 is 8.27. The Morgan fingerprint density at radius 1 is 1.16 bits per heavy atom. The highest BCUT2D eigenvalue weighted by atomic mass is 35.5. The molecule has 3 rings (SSSR count). The molecule has 0 saturated carbocycles. The smallest absolute Gasteiger partial charge is 0.221 e. The van der Waals surface area contributed by atoms with Gasteiger partial charge in [-0.05, 0) is 55.0 Å². The number of carbonyl (C=O) groups is 1. The van der Waals surface area contributed by atoms with Gasteiger partial charge in [0.15, 0.2) is 0 Å². The monoisotopic (exact) mass is 459 g/mol. The molecule has 3 aromatic rings. The van der Waals surface area contributed by atoms with E-state index < -0.39 is 0 Å². The van der Waals surface area contributed by atoms with Crippen molar-refractivity contribution in [2.75, 3.05) is 11.9 Å². The largest absolute Gasteiger partial charge is 0.376 e. The van der Waals surface area contributed by atoms with Gasteiger partial charge in [0.25, 0.3) is 0 Å². The van der Waals surface area contributed by atoms with E-state index in [2.05, 4.69) is 10.3 Å². The van der Waals surface area contributed by atoms with Crippen LogP contribution in [0.3, 0.4) is 0 Å². The van der Waals surface area contributed by atoms with Gasteiger partial charge in [0.2, 0.25) is 5.91 Å². The Labute approximate surface area is 193 Å². The van der Waals surface area contributed by atoms with Crippen molar-refractivity contribution in [2.45, 2.75) is 45.3 Å². The summed E-state index contributed by atoms with van der Waals surface area (Å²) in [6.07, 6.45) is 8.88. The number of para-hydroxylation sites is 1. The summed E-state index contributed by atoms with van der Waals surface area (Å²) >= 11 is 12.3. The van der Waals surface area contributed by atoms with Crippen molar-refractivity contribution >= 4 is 34.8 Å². The Morgan fingerprint density at radius 2 is 2.00 bits per heavy atom. The normalized spacial score (nSPS) is 12.0. The molecule has 164 valence electrons. The lowest BCUT2D eigenvalue weighted by molar-refractivity contribution is -0.114. The number of halogens is 2. The zero-order chi connectivity index (χ0) is 22.1. The fraction of sp³-hybridized carbons (Fsp3) is 0.333. The third-order valence-electron chi connectivity index (χ3n) is 5.00. The molecule has 1 heterocycles. The maximum Gasteiger partial charge on any atom is 0.221 e. The number of carbonyl (C=O) groups excluding carboxylic acids is 1. The molecule has 31 heavy (non-hydrogen) atoms. The average Bonchev–Trinajstić information content (AvgIpc) is 3.24. The van der Waals surface area contributed by atoms with Gasteiger partial charge in [-0.1, -0.05) is 47.5 Å². The molecule has 2 aromatic carbocycles. The lowest BCUT2D eigenvalue weighted by Crippen LogP contribution is -2.21. The third-order valence-corrected chi connectivity index (χ3v) is 5.58. The van der Waals surface area contributed by atoms with Crippen LogP contribution in [0.25, 0.3) is 0 Å². The minimum Gasteiger partial charge on any atom is -0.376 e. The molecule has 0 aliphatic rings. The first-order valence-electron chi connectivity index (χ1n) is 10.4. The Hall–Kier alpha value is -2.34. The molecule has 1 aromatic heterocycles. The molecular formula is C24H27Cl2N3O2. The van der Waals surface area contributed by atoms with E-state index in [4.69, 9.17) is 27.9 Å². The predicted molar refractivity (Wildman–Crippen MR) is 126 cm³/mol. The van der Waals surface area contributed by atoms with Crippen molar-refractivity contribution in [1.29, 1.82) is 0 Å². The lowest BCUT2D eigenvalue weighted by atomic mass is 10.1. The maximum atomic E-state index is 11.4. The van der Waals surface area contributed by atoms with Crippen LogP contribution in [-0.4, -0.2) is 28.2 Å². The van der Waals surface area contributed by atoms with Crippen LogP contribution in [0, 0.1) is 0 Å². The number of ether oxygens (including phenoxy) is 1. The van der Waals surface area contributed by atoms with Gasteiger partial charge < -0.3 is 14.6 Å². The third kappa shape index (κ3) is 7.69. The van der Waals surface area contributed by atoms with Crippen molar-refractivity contribution in [3.8, 4) is 0 Å². The number of hydrogen-bond donors (Lipinski definition) is 1. The molecule has 0 spiro atoms. The summed E-state index contributed by atoms with van der Waals surface area (Å²) in [4.78, 5) is 15.5. The van der Waals surface area contributed by atoms with Crippen LogP contribution < -0.4 is 5.32 Å². The number of amides is 1. The van der Waals surface area contributed by atoms with E-state index in [9.17, 15) is 4.79 Å². The van der Waals surface area contributed by atoms with Gasteiger partial charge in [0.1, 0.15) is 0 Å². The number of nitrogens with zero attached hydrogens (tertiary/aromatic N) is 2. The second-order valence-electron chi connectivity index (χ2n) is 7.47. The quantitative estimate of drug-likeness (QED) is 0.368. The standard InChI is InChI=1S/C24H27Cl2N3O2/c1-18(30)28-24-7-3-2-5-20(24)6-4-14-31-22(16-29-13-12-27-17-29)11-9-19-8-10-21(25)15-23(19)26/h2-3,5,7-8,10,12-13,15,17,22H,4,6,9,11,14,16H2,1H3,(H,28,30). The van der Waals surface area contributed by atoms with Crippen LogP contribution in [0.15, 0.2) is 61.2 Å². The number of imidazole rings is 1. The fourth-order valence-electron chi connectivity index (χ4n) is 3.46. The highest BCUT2D eigenvalue weighted by Gasteiger charge is 2.13. The Bertz CT molecular complexity index is 977. The molecule has 5 nitrogen and oxygen atoms in total. The van der Waals surface area contributed by atoms with Gasteiger partial charge in [0, 0.05) is 48.2 Å². The van der Waals surface area contributed by atoms with Gasteiger partial charge in [-0.2, -0.15) is 0 Å². The molecule has 0 aliphatic carbocycles. The first kappa shape index (κ1) is 23.3. The molecule has 1 atom stereocenters. The van der Waals surface area contributed by atoms with Crippen molar-refractivity contribution in [2.24, 2.45) is 0 Å². The fourth-order valence-corrected chi connectivity index (χ4v) is 3.96. The van der Waals surface area contributed by atoms with Crippen LogP contribution in [-0.2, 0) is 28.9 Å². The lowest BCUT2D eigenvalue weighted by Gasteiger charge is -2.19. The van der Waals surface area contributed by atoms with Crippen molar-refractivity contribution in [3.05, 3.63) is 82.4 Å². The topological polar surface area (TPSA) is 56.1 Å². The van der Waals surface area contributed by atoms with E-state index in [1.165, 1.54) is 6.92 Å². The molecule has 0 fully saturated rings. The summed E-state index contributed by atoms with van der Waals surface area (Å²) in [6, 6.07) is 13.5. The minimum atomic E-state index is -0.0649. The van der Waals surface area contributed by atoms with E-state index in [1.54, 1.807) is 18.6 Å². The van der Waals surface area contributed by atoms with Crippen molar-refractivity contribution < 1.29 is 9.53 Å². The number of nitrogens with one attached hydrogen (secondary N) is 1. The number of hydrogen-bond acceptors (Lipinski definition) is 3. The molecular weight excluding hydrogens is 433 g/mol. The molecule has 7 heteroatoms. The van der Waals surface area contributed by atoms with E-state index in [-0.39, 0.29) is 12.0 Å². The van der Waals surface area contributed by atoms with E-state index in [0.717, 1.165) is 49.0 Å². The Kier molecular flexibility index (Phi) is 8.95. The summed E-state index contributed by atoms with van der Waals surface area (Å²) in [6.45, 7) is 2.88. The van der Waals surface area contributed by atoms with E-state index in [0.29, 0.717) is 16.7 Å². The van der Waals surface area contributed by atoms with E-state index in [1.807, 2.05) is 47.2 Å². The highest BCUT2D eigenvalue weighted by Crippen LogP contribution is 2.23. The van der Waals surface area contributed by atoms with Gasteiger partial charge in [0.05, 0.1) is 12.4 Å². The minimum absolute atomic E-state index is 0.0338. The molecule has 0 bridgehead atoms. The van der Waals surface area contributed by atoms with Gasteiger partial charge in [-0.25, -0.2) is 4.98 Å². The second kappa shape index (κ2) is 11.9. The van der Waals surface area contributed by atoms with Crippen molar-refractivity contribution in [1.82, 2.24) is 9.55 Å². The molecule has 0 aliphatic heterocycles. The SMILES string of the molecule is CC(=O)Nc1ccccc1CCCOC(CCc1ccc(Cl)cc1Cl)Cn1ccnc1. The second-order valence-corrected chi connectivity index (χ2v) is 8.31. The summed E-state index contributed by atoms with van der Waals surface area (Å²) in [5, 5.41) is 4.21. The highest BCUT2D eigenvalue weighted by molar-refractivity contribution is 6.35. The molecule has 1 N–H and O–H groups in total. The molecule has 0 saturated heterocycles. The van der Waals surface area contributed by atoms with E-state index >= 15 is 0 Å². The number of benzene rings is 2. The van der Waals surface area contributed by atoms with Crippen LogP contribution in [0.2, 0.25) is 10.0 Å². The predicted octanol–water partition coefficient (Wildman–Crippen LogP) is 5.80. The first-order valence-corrected chi connectivity index (χ1v) is 11.1. The average molecular weight is 460 g/mol. The summed E-state index contributed by atoms with van der Waals surface area (Å²) in [5.74, 6) is -0.0649. The summed E-state index contributed by atoms with van der Waals surface area (Å²) in [5.41, 5.74) is 3.04. The van der Waals surface area contributed by atoms with Crippen LogP contribution in [0.5, 0.6) is 0 Å². The molecule has 1 unspecified atom stereocenters. The van der Waals surface area contributed by atoms with Gasteiger partial charge >= 0.3 is 0 Å². The number of aromatic nitrogens is 2. The van der Waals surface area contributed by atoms with Gasteiger partial charge in [-0.15, -0.1) is 0 Å². The number of rotatable bonds is 11. The zero-order valence-corrected chi connectivity index (χ0v) is 19.1. The van der Waals surface area contributed by atoms with Crippen LogP contribution >= 0.6 is 23.2 Å². The van der Waals surface area contributed by atoms with Crippen LogP contribution in [0.1, 0.15) is 30.9 Å².